The normalized spacial score (nSPS) is 21.6. The second kappa shape index (κ2) is 9.87. The molecule has 1 aromatic heterocycles. The lowest BCUT2D eigenvalue weighted by Crippen LogP contribution is -2.67. The Balaban J connectivity index is 1.87. The van der Waals surface area contributed by atoms with Gasteiger partial charge in [0.2, 0.25) is 17.4 Å². The number of carbonyl (C=O) groups excluding carboxylic acids is 3. The molecule has 0 spiro atoms. The number of amides is 2. The molecule has 192 valence electrons. The molecule has 0 radical (unpaired) electrons. The molecule has 2 atom stereocenters. The van der Waals surface area contributed by atoms with Crippen LogP contribution in [0.1, 0.15) is 45.2 Å². The maximum absolute atomic E-state index is 13.1. The summed E-state index contributed by atoms with van der Waals surface area (Å²) in [5.41, 5.74) is 3.41. The number of likely N-dealkylation sites (tertiary alicyclic amines) is 1. The van der Waals surface area contributed by atoms with Gasteiger partial charge in [-0.25, -0.2) is 14.1 Å². The Morgan fingerprint density at radius 3 is 2.57 bits per heavy atom. The van der Waals surface area contributed by atoms with Crippen molar-refractivity contribution in [2.75, 3.05) is 18.8 Å². The van der Waals surface area contributed by atoms with Gasteiger partial charge in [-0.2, -0.15) is 8.42 Å². The number of β-lactam (4-membered cyclic amide) rings is 1. The van der Waals surface area contributed by atoms with Gasteiger partial charge in [-0.3, -0.25) is 18.9 Å². The van der Waals surface area contributed by atoms with E-state index in [9.17, 15) is 37.3 Å². The number of piperidine rings is 1. The zero-order valence-corrected chi connectivity index (χ0v) is 20.5. The molecule has 2 fully saturated rings. The van der Waals surface area contributed by atoms with Crippen molar-refractivity contribution in [2.24, 2.45) is 11.1 Å². The van der Waals surface area contributed by atoms with Gasteiger partial charge in [-0.05, 0) is 26.7 Å². The Morgan fingerprint density at radius 1 is 1.34 bits per heavy atom. The third kappa shape index (κ3) is 5.76. The monoisotopic (exact) mass is 531 g/mol. The van der Waals surface area contributed by atoms with E-state index in [1.165, 1.54) is 24.1 Å². The van der Waals surface area contributed by atoms with E-state index in [0.717, 1.165) is 11.3 Å². The maximum atomic E-state index is 13.1. The summed E-state index contributed by atoms with van der Waals surface area (Å²) in [7, 11) is -4.92. The first-order valence-corrected chi connectivity index (χ1v) is 12.8. The number of oxime groups is 1. The molecule has 2 saturated heterocycles. The van der Waals surface area contributed by atoms with Crippen molar-refractivity contribution >= 4 is 56.1 Å². The molecule has 2 aliphatic heterocycles. The van der Waals surface area contributed by atoms with Gasteiger partial charge in [0.05, 0.1) is 12.0 Å². The Kier molecular flexibility index (Phi) is 7.47. The number of aromatic nitrogens is 1. The van der Waals surface area contributed by atoms with E-state index in [0.29, 0.717) is 19.4 Å². The molecule has 1 aromatic rings. The minimum Gasteiger partial charge on any atom is -0.478 e. The average molecular weight is 532 g/mol. The van der Waals surface area contributed by atoms with Crippen LogP contribution < -0.4 is 5.73 Å². The molecule has 14 nitrogen and oxygen atoms in total. The number of carboxylic acids is 1. The largest absolute Gasteiger partial charge is 0.478 e. The summed E-state index contributed by atoms with van der Waals surface area (Å²) in [6, 6.07) is -1.17. The molecular weight excluding hydrogens is 506 g/mol. The Hall–Kier alpha value is -3.11. The predicted molar refractivity (Wildman–Crippen MR) is 122 cm³/mol. The van der Waals surface area contributed by atoms with E-state index < -0.39 is 57.7 Å². The number of rotatable bonds is 10. The van der Waals surface area contributed by atoms with Crippen molar-refractivity contribution < 1.29 is 42.1 Å². The summed E-state index contributed by atoms with van der Waals surface area (Å²) in [6.07, 6.45) is 1.10. The highest BCUT2D eigenvalue weighted by Crippen LogP contribution is 2.34. The minimum absolute atomic E-state index is 0.0140. The van der Waals surface area contributed by atoms with Gasteiger partial charge in [0.15, 0.2) is 16.6 Å². The molecule has 3 heterocycles. The molecule has 16 heteroatoms. The molecule has 0 saturated carbocycles. The summed E-state index contributed by atoms with van der Waals surface area (Å²) >= 11 is 0.987. The van der Waals surface area contributed by atoms with E-state index >= 15 is 0 Å². The zero-order chi connectivity index (χ0) is 26.1. The highest BCUT2D eigenvalue weighted by Gasteiger charge is 2.54. The summed E-state index contributed by atoms with van der Waals surface area (Å²) in [4.78, 5) is 59.7. The molecular formula is C19H25N5O9S2. The smallest absolute Gasteiger partial charge is 0.362 e. The number of aliphatic carboxylic acids is 1. The lowest BCUT2D eigenvalue weighted by atomic mass is 9.84. The van der Waals surface area contributed by atoms with Crippen molar-refractivity contribution in [1.29, 1.82) is 0 Å². The molecule has 4 N–H and O–H groups in total. The van der Waals surface area contributed by atoms with Gasteiger partial charge < -0.3 is 20.6 Å². The minimum atomic E-state index is -4.92. The number of carbonyl (C=O) groups is 4. The van der Waals surface area contributed by atoms with Crippen molar-refractivity contribution in [3.63, 3.8) is 0 Å². The number of nitrogen functional groups attached to an aromatic ring is 1. The fourth-order valence-electron chi connectivity index (χ4n) is 3.70. The first-order chi connectivity index (χ1) is 16.2. The Bertz CT molecular complexity index is 1180. The van der Waals surface area contributed by atoms with Crippen LogP contribution in [0.25, 0.3) is 0 Å². The first kappa shape index (κ1) is 26.5. The quantitative estimate of drug-likeness (QED) is 0.157. The number of ketones is 1. The highest BCUT2D eigenvalue weighted by atomic mass is 32.2. The number of nitrogens with two attached hydrogens (primary N) is 1. The van der Waals surface area contributed by atoms with E-state index in [1.807, 2.05) is 0 Å². The third-order valence-corrected chi connectivity index (χ3v) is 7.31. The van der Waals surface area contributed by atoms with Crippen LogP contribution in [0.3, 0.4) is 0 Å². The topological polar surface area (TPSA) is 210 Å². The van der Waals surface area contributed by atoms with Crippen LogP contribution in [0.4, 0.5) is 5.13 Å². The number of hydrogen-bond donors (Lipinski definition) is 3. The van der Waals surface area contributed by atoms with Gasteiger partial charge in [-0.1, -0.05) is 5.16 Å². The summed E-state index contributed by atoms with van der Waals surface area (Å²) in [5, 5.41) is 14.4. The fourth-order valence-corrected chi connectivity index (χ4v) is 5.16. The maximum Gasteiger partial charge on any atom is 0.362 e. The van der Waals surface area contributed by atoms with Crippen molar-refractivity contribution in [1.82, 2.24) is 14.2 Å². The number of carboxylic acid groups (broad SMARTS) is 1. The standard InChI is InChI=1S/C19H25N5O9S2/c1-19(2,17(28)29)33-22-15(11-9-34-18(20)21-11)13(25)7-10-12(24(16(10)27)35(30,31)32)8-23-6-4-3-5-14(23)26/h9-10,12H,3-8H2,1-2H3,(H2,20,21)(H,28,29)(H,30,31,32)/b22-15-/t10-,12+/m0/s1. The van der Waals surface area contributed by atoms with Gasteiger partial charge in [0.1, 0.15) is 5.69 Å². The first-order valence-electron chi connectivity index (χ1n) is 10.5. The second-order valence-corrected chi connectivity index (χ2v) is 10.8. The van der Waals surface area contributed by atoms with Crippen LogP contribution >= 0.6 is 11.3 Å². The summed E-state index contributed by atoms with van der Waals surface area (Å²) in [6.45, 7) is 2.59. The van der Waals surface area contributed by atoms with Crippen LogP contribution in [0.15, 0.2) is 10.5 Å². The number of nitrogens with zero attached hydrogens (tertiary/aromatic N) is 4. The Labute approximate surface area is 204 Å². The van der Waals surface area contributed by atoms with E-state index in [-0.39, 0.29) is 34.0 Å². The molecule has 0 unspecified atom stereocenters. The number of hydrogen-bond acceptors (Lipinski definition) is 11. The van der Waals surface area contributed by atoms with Gasteiger partial charge >= 0.3 is 16.3 Å². The molecule has 2 aliphatic rings. The molecule has 0 aromatic carbocycles. The van der Waals surface area contributed by atoms with Gasteiger partial charge in [-0.15, -0.1) is 11.3 Å². The molecule has 3 rings (SSSR count). The molecule has 0 aliphatic carbocycles. The van der Waals surface area contributed by atoms with Crippen LogP contribution in [0.2, 0.25) is 0 Å². The average Bonchev–Trinajstić information content (AvgIpc) is 3.17. The molecule has 2 amide bonds. The van der Waals surface area contributed by atoms with Gasteiger partial charge in [0, 0.05) is 31.3 Å². The van der Waals surface area contributed by atoms with E-state index in [1.54, 1.807) is 0 Å². The predicted octanol–water partition coefficient (Wildman–Crippen LogP) is -0.0893. The van der Waals surface area contributed by atoms with E-state index in [4.69, 9.17) is 10.6 Å². The summed E-state index contributed by atoms with van der Waals surface area (Å²) < 4.78 is 33.3. The SMILES string of the molecule is CC(C)(O/N=C(\C(=O)C[C@@H]1C(=O)N(S(=O)(=O)O)[C@@H]1CN1CCCCC1=O)c1csc(N)n1)C(=O)O. The van der Waals surface area contributed by atoms with Crippen molar-refractivity contribution in [3.8, 4) is 0 Å². The van der Waals surface area contributed by atoms with E-state index in [2.05, 4.69) is 10.1 Å². The highest BCUT2D eigenvalue weighted by molar-refractivity contribution is 7.84. The summed E-state index contributed by atoms with van der Waals surface area (Å²) in [5.74, 6) is -4.57. The van der Waals surface area contributed by atoms with Crippen LogP contribution in [-0.2, 0) is 34.3 Å². The lowest BCUT2D eigenvalue weighted by Gasteiger charge is -2.46. The number of anilines is 1. The van der Waals surface area contributed by atoms with Crippen molar-refractivity contribution in [2.45, 2.75) is 51.2 Å². The fraction of sp³-hybridized carbons (Fsp3) is 0.579. The number of Topliss-reactive ketones (excluding diaryl/α,β-unsaturated/α-hetero) is 1. The van der Waals surface area contributed by atoms with Crippen LogP contribution in [-0.4, -0.2) is 86.3 Å². The Morgan fingerprint density at radius 2 is 2.03 bits per heavy atom. The molecule has 0 bridgehead atoms. The van der Waals surface area contributed by atoms with Gasteiger partial charge in [0.25, 0.3) is 0 Å². The van der Waals surface area contributed by atoms with Crippen LogP contribution in [0, 0.1) is 5.92 Å². The number of thiazole rings is 1. The molecule has 35 heavy (non-hydrogen) atoms. The zero-order valence-electron chi connectivity index (χ0n) is 18.9. The van der Waals surface area contributed by atoms with Crippen LogP contribution in [0.5, 0.6) is 0 Å². The lowest BCUT2D eigenvalue weighted by molar-refractivity contribution is -0.161. The van der Waals surface area contributed by atoms with Crippen molar-refractivity contribution in [3.05, 3.63) is 11.1 Å². The third-order valence-electron chi connectivity index (χ3n) is 5.69. The second-order valence-electron chi connectivity index (χ2n) is 8.63.